The van der Waals surface area contributed by atoms with Crippen molar-refractivity contribution in [3.05, 3.63) is 107 Å². The van der Waals surface area contributed by atoms with Crippen molar-refractivity contribution in [1.82, 2.24) is 24.4 Å². The Morgan fingerprint density at radius 3 is 2.29 bits per heavy atom. The van der Waals surface area contributed by atoms with Crippen LogP contribution in [0.25, 0.3) is 44.6 Å². The van der Waals surface area contributed by atoms with E-state index in [-0.39, 0.29) is 13.2 Å². The van der Waals surface area contributed by atoms with E-state index in [4.69, 9.17) is 38.4 Å². The van der Waals surface area contributed by atoms with E-state index < -0.39 is 48.9 Å². The molecule has 2 aliphatic heterocycles. The van der Waals surface area contributed by atoms with Crippen molar-refractivity contribution >= 4 is 40.3 Å². The summed E-state index contributed by atoms with van der Waals surface area (Å²) in [4.78, 5) is 47.8. The minimum atomic E-state index is -1.26. The SMILES string of the molecule is CCCc1nc2c(C)cc(-c3nc4ccccc4n3C)cc2n1Cc1ccc(-c2ccccc2C(=O)OC(C)OC(=O)O[C@H]2CO[C@H]3[C@@H]2OC[C@@H]3OC(=O)NC)cc1. The first-order valence-corrected chi connectivity index (χ1v) is 19.4. The first-order valence-electron chi connectivity index (χ1n) is 19.4. The number of amides is 1. The second-order valence-electron chi connectivity index (χ2n) is 14.5. The average molecular weight is 788 g/mol. The van der Waals surface area contributed by atoms with E-state index >= 15 is 0 Å². The molecule has 0 bridgehead atoms. The Morgan fingerprint density at radius 1 is 0.862 bits per heavy atom. The number of nitrogens with zero attached hydrogens (tertiary/aromatic N) is 4. The van der Waals surface area contributed by atoms with Crippen molar-refractivity contribution in [3.8, 4) is 22.5 Å². The number of imidazole rings is 2. The third kappa shape index (κ3) is 7.60. The number of rotatable bonds is 11. The lowest BCUT2D eigenvalue weighted by Gasteiger charge is -2.19. The van der Waals surface area contributed by atoms with E-state index in [0.717, 1.165) is 68.8 Å². The highest BCUT2D eigenvalue weighted by Crippen LogP contribution is 2.33. The lowest BCUT2D eigenvalue weighted by atomic mass is 9.98. The summed E-state index contributed by atoms with van der Waals surface area (Å²) in [6, 6.07) is 27.7. The molecule has 0 spiro atoms. The molecule has 1 N–H and O–H groups in total. The highest BCUT2D eigenvalue weighted by atomic mass is 16.8. The Morgan fingerprint density at radius 2 is 1.57 bits per heavy atom. The molecule has 0 radical (unpaired) electrons. The summed E-state index contributed by atoms with van der Waals surface area (Å²) in [6.07, 6.45) is -3.78. The molecule has 5 atom stereocenters. The Labute approximate surface area is 335 Å². The molecule has 4 heterocycles. The van der Waals surface area contributed by atoms with Crippen molar-refractivity contribution in [2.75, 3.05) is 20.3 Å². The summed E-state index contributed by atoms with van der Waals surface area (Å²) in [6.45, 7) is 6.43. The van der Waals surface area contributed by atoms with Crippen molar-refractivity contribution < 1.29 is 42.8 Å². The van der Waals surface area contributed by atoms with Gasteiger partial charge in [-0.3, -0.25) is 0 Å². The molecule has 2 saturated heterocycles. The number of nitrogens with one attached hydrogen (secondary N) is 1. The molecule has 2 aromatic heterocycles. The summed E-state index contributed by atoms with van der Waals surface area (Å²) >= 11 is 0. The zero-order valence-corrected chi connectivity index (χ0v) is 33.0. The smallest absolute Gasteiger partial charge is 0.441 e. The molecule has 58 heavy (non-hydrogen) atoms. The van der Waals surface area contributed by atoms with Crippen LogP contribution in [0.2, 0.25) is 0 Å². The Balaban J connectivity index is 0.949. The molecule has 1 unspecified atom stereocenters. The fourth-order valence-electron chi connectivity index (χ4n) is 7.80. The number of aromatic nitrogens is 4. The largest absolute Gasteiger partial charge is 0.511 e. The van der Waals surface area contributed by atoms with Crippen LogP contribution in [-0.4, -0.2) is 88.3 Å². The van der Waals surface area contributed by atoms with Crippen LogP contribution in [0, 0.1) is 6.92 Å². The highest BCUT2D eigenvalue weighted by Gasteiger charge is 2.51. The van der Waals surface area contributed by atoms with Gasteiger partial charge in [0.1, 0.15) is 23.9 Å². The topological polar surface area (TPSA) is 154 Å². The normalized spacial score (nSPS) is 19.2. The Hall–Kier alpha value is -6.25. The third-order valence-corrected chi connectivity index (χ3v) is 10.6. The minimum Gasteiger partial charge on any atom is -0.441 e. The number of hydrogen-bond acceptors (Lipinski definition) is 11. The number of benzene rings is 4. The summed E-state index contributed by atoms with van der Waals surface area (Å²) in [5.41, 5.74) is 9.06. The molecule has 8 rings (SSSR count). The van der Waals surface area contributed by atoms with Gasteiger partial charge in [-0.25, -0.2) is 24.4 Å². The number of alkyl carbamates (subject to hydrolysis) is 1. The van der Waals surface area contributed by atoms with Crippen molar-refractivity contribution in [2.24, 2.45) is 7.05 Å². The van der Waals surface area contributed by atoms with E-state index in [9.17, 15) is 14.4 Å². The fourth-order valence-corrected chi connectivity index (χ4v) is 7.80. The fraction of sp³-hybridized carbons (Fsp3) is 0.341. The van der Waals surface area contributed by atoms with Gasteiger partial charge in [-0.1, -0.05) is 61.5 Å². The van der Waals surface area contributed by atoms with Gasteiger partial charge in [0, 0.05) is 39.5 Å². The number of esters is 1. The van der Waals surface area contributed by atoms with Gasteiger partial charge in [0.05, 0.1) is 40.8 Å². The maximum atomic E-state index is 13.4. The molecule has 14 nitrogen and oxygen atoms in total. The number of ether oxygens (including phenoxy) is 6. The maximum absolute atomic E-state index is 13.4. The monoisotopic (exact) mass is 787 g/mol. The van der Waals surface area contributed by atoms with Crippen molar-refractivity contribution in [3.63, 3.8) is 0 Å². The van der Waals surface area contributed by atoms with E-state index in [1.807, 2.05) is 49.5 Å². The molecule has 300 valence electrons. The van der Waals surface area contributed by atoms with Crippen LogP contribution >= 0.6 is 0 Å². The van der Waals surface area contributed by atoms with Crippen LogP contribution in [0.3, 0.4) is 0 Å². The highest BCUT2D eigenvalue weighted by molar-refractivity contribution is 5.97. The van der Waals surface area contributed by atoms with E-state index in [1.165, 1.54) is 14.0 Å². The molecule has 1 amide bonds. The number of hydrogen-bond donors (Lipinski definition) is 1. The maximum Gasteiger partial charge on any atom is 0.511 e. The van der Waals surface area contributed by atoms with Gasteiger partial charge >= 0.3 is 18.2 Å². The first-order chi connectivity index (χ1) is 28.1. The third-order valence-electron chi connectivity index (χ3n) is 10.6. The van der Waals surface area contributed by atoms with Crippen LogP contribution in [0.1, 0.15) is 47.6 Å². The zero-order chi connectivity index (χ0) is 40.5. The van der Waals surface area contributed by atoms with Gasteiger partial charge in [0.2, 0.25) is 6.29 Å². The van der Waals surface area contributed by atoms with Gasteiger partial charge in [-0.2, -0.15) is 0 Å². The van der Waals surface area contributed by atoms with Crippen molar-refractivity contribution in [2.45, 2.75) is 70.9 Å². The summed E-state index contributed by atoms with van der Waals surface area (Å²) in [5.74, 6) is 1.26. The van der Waals surface area contributed by atoms with Gasteiger partial charge in [-0.05, 0) is 65.9 Å². The zero-order valence-electron chi connectivity index (χ0n) is 33.0. The van der Waals surface area contributed by atoms with Crippen LogP contribution < -0.4 is 5.32 Å². The van der Waals surface area contributed by atoms with Crippen LogP contribution in [0.15, 0.2) is 84.9 Å². The summed E-state index contributed by atoms with van der Waals surface area (Å²) in [7, 11) is 3.50. The molecule has 2 fully saturated rings. The van der Waals surface area contributed by atoms with Gasteiger partial charge in [0.15, 0.2) is 12.2 Å². The number of aryl methyl sites for hydroxylation is 3. The number of fused-ring (bicyclic) bond motifs is 3. The van der Waals surface area contributed by atoms with Gasteiger partial charge < -0.3 is 42.9 Å². The molecular formula is C44H45N5O9. The Kier molecular flexibility index (Phi) is 10.9. The molecule has 6 aromatic rings. The lowest BCUT2D eigenvalue weighted by molar-refractivity contribution is -0.0987. The van der Waals surface area contributed by atoms with Crippen LogP contribution in [0.5, 0.6) is 0 Å². The van der Waals surface area contributed by atoms with E-state index in [1.54, 1.807) is 12.1 Å². The predicted octanol–water partition coefficient (Wildman–Crippen LogP) is 7.11. The predicted molar refractivity (Wildman–Crippen MR) is 214 cm³/mol. The summed E-state index contributed by atoms with van der Waals surface area (Å²) in [5, 5.41) is 2.38. The number of carbonyl (C=O) groups is 3. The molecule has 0 aliphatic carbocycles. The molecule has 14 heteroatoms. The lowest BCUT2D eigenvalue weighted by Crippen LogP contribution is -2.37. The standard InChI is InChI=1S/C44H45N5O9/c1-6-11-37-47-38-25(2)20-29(41-46-32-14-9-10-15-33(32)48(41)5)21-34(38)49(37)22-27-16-18-28(19-17-27)30-12-7-8-13-31(30)42(50)55-26(3)56-44(52)58-36-24-54-39-35(23-53-40(36)39)57-43(51)45-4/h7-10,12-21,26,35-36,39-40H,6,11,22-24H2,1-5H3,(H,45,51)/t26?,35-,36-,39+,40+/m0/s1. The second kappa shape index (κ2) is 16.3. The average Bonchev–Trinajstić information content (AvgIpc) is 3.99. The number of carbonyl (C=O) groups excluding carboxylic acids is 3. The van der Waals surface area contributed by atoms with Gasteiger partial charge in [0.25, 0.3) is 0 Å². The Bertz CT molecular complexity index is 2490. The molecule has 0 saturated carbocycles. The first kappa shape index (κ1) is 38.6. The molecule has 2 aliphatic rings. The van der Waals surface area contributed by atoms with Crippen LogP contribution in [0.4, 0.5) is 9.59 Å². The minimum absolute atomic E-state index is 0.0292. The molecule has 4 aromatic carbocycles. The summed E-state index contributed by atoms with van der Waals surface area (Å²) < 4.78 is 37.3. The van der Waals surface area contributed by atoms with Crippen molar-refractivity contribution in [1.29, 1.82) is 0 Å². The number of para-hydroxylation sites is 2. The quantitative estimate of drug-likeness (QED) is 0.0812. The van der Waals surface area contributed by atoms with E-state index in [2.05, 4.69) is 58.6 Å². The van der Waals surface area contributed by atoms with Gasteiger partial charge in [-0.15, -0.1) is 0 Å². The van der Waals surface area contributed by atoms with Crippen LogP contribution in [-0.2, 0) is 48.4 Å². The second-order valence-corrected chi connectivity index (χ2v) is 14.5. The molecular weight excluding hydrogens is 743 g/mol. The van der Waals surface area contributed by atoms with E-state index in [0.29, 0.717) is 17.7 Å².